The van der Waals surface area contributed by atoms with Crippen molar-refractivity contribution in [3.63, 3.8) is 0 Å². The van der Waals surface area contributed by atoms with E-state index in [1.54, 1.807) is 11.8 Å². The van der Waals surface area contributed by atoms with Gasteiger partial charge < -0.3 is 15.7 Å². The standard InChI is InChI=1S/C16H26N2O2S/c1-3-5-6-7-8-12-20-13-10-9-11-14(21-4-2)15(13)16(17)18-19/h9-11,19H,3-8,12H2,1-2H3,(H2,17,18). The van der Waals surface area contributed by atoms with E-state index in [-0.39, 0.29) is 5.84 Å². The Hall–Kier alpha value is -1.36. The van der Waals surface area contributed by atoms with Crippen LogP contribution in [-0.4, -0.2) is 23.4 Å². The molecule has 0 bridgehead atoms. The van der Waals surface area contributed by atoms with Crippen LogP contribution in [0, 0.1) is 0 Å². The minimum atomic E-state index is 0.104. The molecule has 1 aromatic carbocycles. The van der Waals surface area contributed by atoms with Crippen molar-refractivity contribution in [2.45, 2.75) is 50.8 Å². The third kappa shape index (κ3) is 5.87. The number of hydrogen-bond donors (Lipinski definition) is 2. The fourth-order valence-electron chi connectivity index (χ4n) is 2.10. The van der Waals surface area contributed by atoms with E-state index in [0.717, 1.165) is 17.1 Å². The lowest BCUT2D eigenvalue weighted by atomic mass is 10.1. The number of benzene rings is 1. The van der Waals surface area contributed by atoms with Crippen molar-refractivity contribution in [1.29, 1.82) is 0 Å². The van der Waals surface area contributed by atoms with E-state index in [1.807, 2.05) is 18.2 Å². The van der Waals surface area contributed by atoms with Crippen LogP contribution in [0.4, 0.5) is 0 Å². The Kier molecular flexibility index (Phi) is 8.74. The van der Waals surface area contributed by atoms with Crippen LogP contribution in [0.3, 0.4) is 0 Å². The number of rotatable bonds is 10. The summed E-state index contributed by atoms with van der Waals surface area (Å²) in [4.78, 5) is 0.983. The molecule has 0 amide bonds. The van der Waals surface area contributed by atoms with Crippen LogP contribution in [0.1, 0.15) is 51.5 Å². The molecule has 0 fully saturated rings. The second-order valence-electron chi connectivity index (χ2n) is 4.81. The number of nitrogens with two attached hydrogens (primary N) is 1. The first-order valence-electron chi connectivity index (χ1n) is 7.61. The molecule has 0 radical (unpaired) electrons. The molecule has 0 aliphatic rings. The largest absolute Gasteiger partial charge is 0.493 e. The lowest BCUT2D eigenvalue weighted by Crippen LogP contribution is -2.16. The van der Waals surface area contributed by atoms with Crippen molar-refractivity contribution in [1.82, 2.24) is 0 Å². The fraction of sp³-hybridized carbons (Fsp3) is 0.562. The van der Waals surface area contributed by atoms with E-state index in [0.29, 0.717) is 17.9 Å². The average molecular weight is 310 g/mol. The monoisotopic (exact) mass is 310 g/mol. The maximum atomic E-state index is 8.97. The summed E-state index contributed by atoms with van der Waals surface area (Å²) in [6.45, 7) is 4.94. The SMILES string of the molecule is CCCCCCCOc1cccc(SCC)c1/C(N)=N/O. The summed E-state index contributed by atoms with van der Waals surface area (Å²) in [6.07, 6.45) is 5.97. The number of hydrogen-bond acceptors (Lipinski definition) is 4. The molecule has 4 nitrogen and oxygen atoms in total. The van der Waals surface area contributed by atoms with Gasteiger partial charge in [-0.1, -0.05) is 50.8 Å². The van der Waals surface area contributed by atoms with Gasteiger partial charge >= 0.3 is 0 Å². The molecular formula is C16H26N2O2S. The van der Waals surface area contributed by atoms with Gasteiger partial charge in [-0.3, -0.25) is 0 Å². The van der Waals surface area contributed by atoms with Gasteiger partial charge in [-0.05, 0) is 24.3 Å². The molecule has 0 saturated heterocycles. The topological polar surface area (TPSA) is 67.8 Å². The third-order valence-electron chi connectivity index (χ3n) is 3.16. The quantitative estimate of drug-likeness (QED) is 0.169. The lowest BCUT2D eigenvalue weighted by molar-refractivity contribution is 0.301. The van der Waals surface area contributed by atoms with E-state index in [4.69, 9.17) is 15.7 Å². The van der Waals surface area contributed by atoms with Crippen LogP contribution >= 0.6 is 11.8 Å². The third-order valence-corrected chi connectivity index (χ3v) is 4.10. The van der Waals surface area contributed by atoms with Crippen molar-refractivity contribution in [2.75, 3.05) is 12.4 Å². The van der Waals surface area contributed by atoms with Gasteiger partial charge in [0.25, 0.3) is 0 Å². The summed E-state index contributed by atoms with van der Waals surface area (Å²) < 4.78 is 5.84. The Labute approximate surface area is 131 Å². The predicted molar refractivity (Wildman–Crippen MR) is 89.6 cm³/mol. The zero-order valence-electron chi connectivity index (χ0n) is 13.0. The first-order chi connectivity index (χ1) is 10.2. The van der Waals surface area contributed by atoms with Gasteiger partial charge in [0.15, 0.2) is 5.84 Å². The highest BCUT2D eigenvalue weighted by Crippen LogP contribution is 2.30. The normalized spacial score (nSPS) is 11.6. The summed E-state index contributed by atoms with van der Waals surface area (Å²) >= 11 is 1.66. The van der Waals surface area contributed by atoms with Crippen molar-refractivity contribution in [3.05, 3.63) is 23.8 Å². The highest BCUT2D eigenvalue weighted by Gasteiger charge is 2.14. The van der Waals surface area contributed by atoms with Gasteiger partial charge in [-0.15, -0.1) is 11.8 Å². The Bertz CT molecular complexity index is 450. The van der Waals surface area contributed by atoms with Crippen LogP contribution in [-0.2, 0) is 0 Å². The fourth-order valence-corrected chi connectivity index (χ4v) is 2.93. The minimum Gasteiger partial charge on any atom is -0.493 e. The molecule has 0 heterocycles. The zero-order chi connectivity index (χ0) is 15.5. The highest BCUT2D eigenvalue weighted by molar-refractivity contribution is 7.99. The molecule has 5 heteroatoms. The number of thioether (sulfide) groups is 1. The van der Waals surface area contributed by atoms with E-state index >= 15 is 0 Å². The zero-order valence-corrected chi connectivity index (χ0v) is 13.8. The summed E-state index contributed by atoms with van der Waals surface area (Å²) in [7, 11) is 0. The Morgan fingerprint density at radius 1 is 1.24 bits per heavy atom. The first kappa shape index (κ1) is 17.7. The number of nitrogens with zero attached hydrogens (tertiary/aromatic N) is 1. The van der Waals surface area contributed by atoms with Crippen LogP contribution in [0.25, 0.3) is 0 Å². The van der Waals surface area contributed by atoms with Gasteiger partial charge in [0.05, 0.1) is 12.2 Å². The van der Waals surface area contributed by atoms with Gasteiger partial charge in [0, 0.05) is 4.90 Å². The molecule has 1 aromatic rings. The molecular weight excluding hydrogens is 284 g/mol. The van der Waals surface area contributed by atoms with Crippen molar-refractivity contribution < 1.29 is 9.94 Å². The Morgan fingerprint density at radius 3 is 2.67 bits per heavy atom. The van der Waals surface area contributed by atoms with Crippen molar-refractivity contribution >= 4 is 17.6 Å². The number of ether oxygens (including phenoxy) is 1. The van der Waals surface area contributed by atoms with Crippen LogP contribution in [0.5, 0.6) is 5.75 Å². The summed E-state index contributed by atoms with van der Waals surface area (Å²) in [5, 5.41) is 12.1. The lowest BCUT2D eigenvalue weighted by Gasteiger charge is -2.14. The molecule has 118 valence electrons. The van der Waals surface area contributed by atoms with E-state index in [2.05, 4.69) is 19.0 Å². The molecule has 0 aliphatic heterocycles. The molecule has 21 heavy (non-hydrogen) atoms. The summed E-state index contributed by atoms with van der Waals surface area (Å²) in [6, 6.07) is 5.79. The molecule has 0 aromatic heterocycles. The maximum absolute atomic E-state index is 8.97. The minimum absolute atomic E-state index is 0.104. The van der Waals surface area contributed by atoms with Crippen LogP contribution in [0.15, 0.2) is 28.3 Å². The van der Waals surface area contributed by atoms with E-state index in [1.165, 1.54) is 25.7 Å². The predicted octanol–water partition coefficient (Wildman–Crippen LogP) is 4.24. The van der Waals surface area contributed by atoms with Crippen molar-refractivity contribution in [3.8, 4) is 5.75 Å². The first-order valence-corrected chi connectivity index (χ1v) is 8.59. The molecule has 3 N–H and O–H groups in total. The van der Waals surface area contributed by atoms with Crippen molar-refractivity contribution in [2.24, 2.45) is 10.9 Å². The number of unbranched alkanes of at least 4 members (excludes halogenated alkanes) is 4. The Morgan fingerprint density at radius 2 is 2.00 bits per heavy atom. The van der Waals surface area contributed by atoms with E-state index in [9.17, 15) is 0 Å². The molecule has 1 rings (SSSR count). The van der Waals surface area contributed by atoms with Crippen LogP contribution < -0.4 is 10.5 Å². The maximum Gasteiger partial charge on any atom is 0.174 e. The molecule has 0 unspecified atom stereocenters. The second kappa shape index (κ2) is 10.4. The van der Waals surface area contributed by atoms with E-state index < -0.39 is 0 Å². The van der Waals surface area contributed by atoms with Gasteiger partial charge in [-0.2, -0.15) is 0 Å². The van der Waals surface area contributed by atoms with Crippen LogP contribution in [0.2, 0.25) is 0 Å². The van der Waals surface area contributed by atoms with Gasteiger partial charge in [0.2, 0.25) is 0 Å². The second-order valence-corrected chi connectivity index (χ2v) is 6.12. The number of oxime groups is 1. The summed E-state index contributed by atoms with van der Waals surface area (Å²) in [5.74, 6) is 1.72. The average Bonchev–Trinajstić information content (AvgIpc) is 2.50. The van der Waals surface area contributed by atoms with Gasteiger partial charge in [0.1, 0.15) is 5.75 Å². The Balaban J connectivity index is 2.70. The van der Waals surface area contributed by atoms with Gasteiger partial charge in [-0.25, -0.2) is 0 Å². The molecule has 0 atom stereocenters. The molecule has 0 saturated carbocycles. The molecule has 0 spiro atoms. The number of amidine groups is 1. The molecule has 0 aliphatic carbocycles. The smallest absolute Gasteiger partial charge is 0.174 e. The summed E-state index contributed by atoms with van der Waals surface area (Å²) in [5.41, 5.74) is 6.50. The highest BCUT2D eigenvalue weighted by atomic mass is 32.2.